The lowest BCUT2D eigenvalue weighted by atomic mass is 9.99. The summed E-state index contributed by atoms with van der Waals surface area (Å²) in [4.78, 5) is 30.0. The van der Waals surface area contributed by atoms with E-state index in [1.807, 2.05) is 30.3 Å². The minimum Gasteiger partial charge on any atom is -0.451 e. The number of hydrogen-bond acceptors (Lipinski definition) is 5. The second kappa shape index (κ2) is 8.07. The van der Waals surface area contributed by atoms with E-state index < -0.39 is 0 Å². The van der Waals surface area contributed by atoms with Gasteiger partial charge in [-0.15, -0.1) is 23.1 Å². The molecule has 142 valence electrons. The maximum Gasteiger partial charge on any atom is 0.348 e. The van der Waals surface area contributed by atoms with Crippen molar-refractivity contribution < 1.29 is 14.3 Å². The summed E-state index contributed by atoms with van der Waals surface area (Å²) < 4.78 is 5.38. The molecule has 0 spiro atoms. The molecular weight excluding hydrogens is 378 g/mol. The highest BCUT2D eigenvalue weighted by Gasteiger charge is 2.25. The Morgan fingerprint density at radius 3 is 2.89 bits per heavy atom. The summed E-state index contributed by atoms with van der Waals surface area (Å²) in [6.45, 7) is 2.61. The third-order valence-electron chi connectivity index (χ3n) is 5.07. The van der Waals surface area contributed by atoms with E-state index in [2.05, 4.69) is 6.92 Å². The van der Waals surface area contributed by atoms with Crippen LogP contribution in [0.1, 0.15) is 46.3 Å². The van der Waals surface area contributed by atoms with Gasteiger partial charge in [0.25, 0.3) is 5.91 Å². The van der Waals surface area contributed by atoms with Gasteiger partial charge < -0.3 is 9.64 Å². The fourth-order valence-corrected chi connectivity index (χ4v) is 5.87. The number of nitrogens with zero attached hydrogens (tertiary/aromatic N) is 1. The molecule has 6 heteroatoms. The Kier molecular flexibility index (Phi) is 5.55. The molecule has 2 aliphatic rings. The maximum absolute atomic E-state index is 12.8. The van der Waals surface area contributed by atoms with Crippen molar-refractivity contribution in [3.63, 3.8) is 0 Å². The zero-order chi connectivity index (χ0) is 18.8. The number of thioether (sulfide) groups is 1. The van der Waals surface area contributed by atoms with Gasteiger partial charge in [0.15, 0.2) is 6.61 Å². The zero-order valence-corrected chi connectivity index (χ0v) is 17.0. The largest absolute Gasteiger partial charge is 0.451 e. The first-order valence-electron chi connectivity index (χ1n) is 9.46. The molecule has 0 radical (unpaired) electrons. The van der Waals surface area contributed by atoms with Crippen LogP contribution in [0.2, 0.25) is 0 Å². The molecule has 1 amide bonds. The summed E-state index contributed by atoms with van der Waals surface area (Å²) >= 11 is 3.31. The molecule has 0 saturated heterocycles. The number of aryl methyl sites for hydroxylation is 2. The number of hydrogen-bond donors (Lipinski definition) is 0. The monoisotopic (exact) mass is 401 g/mol. The van der Waals surface area contributed by atoms with Crippen molar-refractivity contribution in [1.29, 1.82) is 0 Å². The van der Waals surface area contributed by atoms with Crippen LogP contribution in [0.3, 0.4) is 0 Å². The van der Waals surface area contributed by atoms with E-state index in [9.17, 15) is 9.59 Å². The van der Waals surface area contributed by atoms with E-state index in [4.69, 9.17) is 4.74 Å². The van der Waals surface area contributed by atoms with E-state index in [0.717, 1.165) is 29.8 Å². The van der Waals surface area contributed by atoms with Crippen LogP contribution in [0.4, 0.5) is 5.69 Å². The SMILES string of the molecule is C[C@@H]1CCN(C(=O)COC(=O)c2cc3c(s2)CCCC3)c2ccccc2S1. The van der Waals surface area contributed by atoms with Gasteiger partial charge in [0.05, 0.1) is 5.69 Å². The van der Waals surface area contributed by atoms with Crippen molar-refractivity contribution in [1.82, 2.24) is 0 Å². The maximum atomic E-state index is 12.8. The van der Waals surface area contributed by atoms with Crippen LogP contribution in [-0.2, 0) is 22.4 Å². The van der Waals surface area contributed by atoms with Crippen LogP contribution >= 0.6 is 23.1 Å². The Bertz CT molecular complexity index is 837. The van der Waals surface area contributed by atoms with Crippen molar-refractivity contribution >= 4 is 40.7 Å². The van der Waals surface area contributed by atoms with Crippen molar-refractivity contribution in [3.05, 3.63) is 45.6 Å². The molecule has 1 aliphatic carbocycles. The number of carbonyl (C=O) groups is 2. The van der Waals surface area contributed by atoms with E-state index >= 15 is 0 Å². The van der Waals surface area contributed by atoms with Crippen LogP contribution in [0.5, 0.6) is 0 Å². The Labute approximate surface area is 167 Å². The number of amides is 1. The second-order valence-electron chi connectivity index (χ2n) is 7.07. The highest BCUT2D eigenvalue weighted by atomic mass is 32.2. The first kappa shape index (κ1) is 18.6. The number of fused-ring (bicyclic) bond motifs is 2. The topological polar surface area (TPSA) is 46.6 Å². The zero-order valence-electron chi connectivity index (χ0n) is 15.4. The number of ether oxygens (including phenoxy) is 1. The standard InChI is InChI=1S/C21H23NO3S2/c1-14-10-11-22(16-7-3-5-9-18(16)26-14)20(23)13-25-21(24)19-12-15-6-2-4-8-17(15)27-19/h3,5,7,9,12,14H,2,4,6,8,10-11,13H2,1H3/t14-/m1/s1. The summed E-state index contributed by atoms with van der Waals surface area (Å²) in [6, 6.07) is 9.90. The van der Waals surface area contributed by atoms with Crippen molar-refractivity contribution in [2.75, 3.05) is 18.1 Å². The number of para-hydroxylation sites is 1. The van der Waals surface area contributed by atoms with Crippen LogP contribution in [0.25, 0.3) is 0 Å². The summed E-state index contributed by atoms with van der Waals surface area (Å²) in [5.41, 5.74) is 2.19. The summed E-state index contributed by atoms with van der Waals surface area (Å²) in [5, 5.41) is 0.448. The van der Waals surface area contributed by atoms with Crippen LogP contribution in [0.15, 0.2) is 35.2 Å². The number of anilines is 1. The molecular formula is C21H23NO3S2. The molecule has 0 saturated carbocycles. The van der Waals surface area contributed by atoms with E-state index in [1.54, 1.807) is 16.7 Å². The quantitative estimate of drug-likeness (QED) is 0.700. The molecule has 1 aliphatic heterocycles. The van der Waals surface area contributed by atoms with Crippen LogP contribution in [0, 0.1) is 0 Å². The van der Waals surface area contributed by atoms with Gasteiger partial charge in [0.2, 0.25) is 0 Å². The number of benzene rings is 1. The van der Waals surface area contributed by atoms with E-state index in [0.29, 0.717) is 16.7 Å². The summed E-state index contributed by atoms with van der Waals surface area (Å²) in [7, 11) is 0. The van der Waals surface area contributed by atoms with Gasteiger partial charge in [-0.2, -0.15) is 0 Å². The third-order valence-corrected chi connectivity index (χ3v) is 7.52. The van der Waals surface area contributed by atoms with Gasteiger partial charge in [-0.25, -0.2) is 4.79 Å². The fraction of sp³-hybridized carbons (Fsp3) is 0.429. The summed E-state index contributed by atoms with van der Waals surface area (Å²) in [5.74, 6) is -0.541. The Balaban J connectivity index is 1.43. The van der Waals surface area contributed by atoms with Gasteiger partial charge in [-0.05, 0) is 55.9 Å². The molecule has 4 nitrogen and oxygen atoms in total. The summed E-state index contributed by atoms with van der Waals surface area (Å²) in [6.07, 6.45) is 5.37. The molecule has 0 N–H and O–H groups in total. The van der Waals surface area contributed by atoms with E-state index in [-0.39, 0.29) is 18.5 Å². The molecule has 2 aromatic rings. The van der Waals surface area contributed by atoms with Gasteiger partial charge in [0, 0.05) is 21.6 Å². The lowest BCUT2D eigenvalue weighted by Gasteiger charge is -2.22. The molecule has 2 heterocycles. The Hall–Kier alpha value is -1.79. The van der Waals surface area contributed by atoms with E-state index in [1.165, 1.54) is 34.6 Å². The van der Waals surface area contributed by atoms with Crippen molar-refractivity contribution in [3.8, 4) is 0 Å². The predicted octanol–water partition coefficient (Wildman–Crippen LogP) is 4.70. The van der Waals surface area contributed by atoms with Crippen LogP contribution < -0.4 is 4.90 Å². The molecule has 0 bridgehead atoms. The molecule has 0 fully saturated rings. The first-order chi connectivity index (χ1) is 13.1. The third kappa shape index (κ3) is 4.06. The average molecular weight is 402 g/mol. The Morgan fingerprint density at radius 1 is 1.22 bits per heavy atom. The lowest BCUT2D eigenvalue weighted by molar-refractivity contribution is -0.121. The molecule has 1 aromatic carbocycles. The fourth-order valence-electron chi connectivity index (χ4n) is 3.61. The number of esters is 1. The predicted molar refractivity (Wildman–Crippen MR) is 110 cm³/mol. The average Bonchev–Trinajstić information content (AvgIpc) is 3.04. The van der Waals surface area contributed by atoms with Crippen molar-refractivity contribution in [2.24, 2.45) is 0 Å². The smallest absolute Gasteiger partial charge is 0.348 e. The van der Waals surface area contributed by atoms with Gasteiger partial charge >= 0.3 is 5.97 Å². The second-order valence-corrected chi connectivity index (χ2v) is 9.69. The first-order valence-corrected chi connectivity index (χ1v) is 11.2. The molecule has 0 unspecified atom stereocenters. The highest BCUT2D eigenvalue weighted by molar-refractivity contribution is 8.00. The normalized spacial score (nSPS) is 19.0. The minimum atomic E-state index is -0.381. The highest BCUT2D eigenvalue weighted by Crippen LogP contribution is 2.37. The lowest BCUT2D eigenvalue weighted by Crippen LogP contribution is -2.35. The number of carbonyl (C=O) groups excluding carboxylic acids is 2. The van der Waals surface area contributed by atoms with Crippen molar-refractivity contribution in [2.45, 2.75) is 49.2 Å². The number of rotatable bonds is 3. The van der Waals surface area contributed by atoms with Gasteiger partial charge in [0.1, 0.15) is 4.88 Å². The molecule has 1 aromatic heterocycles. The number of thiophene rings is 1. The molecule has 4 rings (SSSR count). The van der Waals surface area contributed by atoms with Gasteiger partial charge in [-0.1, -0.05) is 19.1 Å². The minimum absolute atomic E-state index is 0.160. The molecule has 1 atom stereocenters. The Morgan fingerprint density at radius 2 is 2.04 bits per heavy atom. The van der Waals surface area contributed by atoms with Crippen LogP contribution in [-0.4, -0.2) is 30.3 Å². The molecule has 27 heavy (non-hydrogen) atoms. The van der Waals surface area contributed by atoms with Gasteiger partial charge in [-0.3, -0.25) is 4.79 Å².